The normalized spacial score (nSPS) is 12.5. The summed E-state index contributed by atoms with van der Waals surface area (Å²) in [6.45, 7) is 4.71. The molecule has 2 aromatic heterocycles. The summed E-state index contributed by atoms with van der Waals surface area (Å²) in [6, 6.07) is 85.6. The molecule has 338 valence electrons. The van der Waals surface area contributed by atoms with Crippen molar-refractivity contribution in [1.82, 2.24) is 9.97 Å². The van der Waals surface area contributed by atoms with Crippen LogP contribution < -0.4 is 9.80 Å². The summed E-state index contributed by atoms with van der Waals surface area (Å²) < 4.78 is 12.4. The third kappa shape index (κ3) is 7.54. The molecule has 1 aliphatic carbocycles. The van der Waals surface area contributed by atoms with Crippen LogP contribution in [0.5, 0.6) is 0 Å². The van der Waals surface area contributed by atoms with Gasteiger partial charge in [0.15, 0.2) is 11.2 Å². The van der Waals surface area contributed by atoms with Gasteiger partial charge in [-0.2, -0.15) is 0 Å². The Kier molecular flexibility index (Phi) is 10.1. The van der Waals surface area contributed by atoms with E-state index in [1.165, 1.54) is 33.4 Å². The second-order valence-electron chi connectivity index (χ2n) is 18.7. The van der Waals surface area contributed by atoms with Crippen LogP contribution in [-0.2, 0) is 5.41 Å². The number of hydrogen-bond acceptors (Lipinski definition) is 6. The maximum absolute atomic E-state index is 6.19. The van der Waals surface area contributed by atoms with E-state index in [0.29, 0.717) is 11.8 Å². The van der Waals surface area contributed by atoms with Crippen molar-refractivity contribution in [3.63, 3.8) is 0 Å². The van der Waals surface area contributed by atoms with E-state index < -0.39 is 0 Å². The fourth-order valence-electron chi connectivity index (χ4n) is 10.3. The van der Waals surface area contributed by atoms with Crippen LogP contribution in [-0.4, -0.2) is 9.97 Å². The van der Waals surface area contributed by atoms with Crippen LogP contribution in [0.1, 0.15) is 25.0 Å². The Bertz CT molecular complexity index is 3590. The van der Waals surface area contributed by atoms with E-state index in [1.807, 2.05) is 48.5 Å². The van der Waals surface area contributed by atoms with Gasteiger partial charge in [-0.05, 0) is 166 Å². The van der Waals surface area contributed by atoms with Crippen molar-refractivity contribution in [2.75, 3.05) is 9.80 Å². The minimum atomic E-state index is -0.334. The van der Waals surface area contributed by atoms with E-state index in [1.54, 1.807) is 0 Å². The third-order valence-corrected chi connectivity index (χ3v) is 13.9. The molecule has 0 aliphatic heterocycles. The lowest BCUT2D eigenvalue weighted by Crippen LogP contribution is -2.17. The van der Waals surface area contributed by atoms with Gasteiger partial charge in [0, 0.05) is 50.7 Å². The zero-order valence-electron chi connectivity index (χ0n) is 39.2. The summed E-state index contributed by atoms with van der Waals surface area (Å²) in [5, 5.41) is 0. The molecule has 0 amide bonds. The van der Waals surface area contributed by atoms with Gasteiger partial charge in [0.05, 0.1) is 0 Å². The highest BCUT2D eigenvalue weighted by molar-refractivity contribution is 5.90. The average Bonchev–Trinajstić information content (AvgIpc) is 4.13. The van der Waals surface area contributed by atoms with Crippen LogP contribution in [0.2, 0.25) is 0 Å². The molecular formula is C65H46N4O2. The Labute approximate surface area is 412 Å². The van der Waals surface area contributed by atoms with Crippen molar-refractivity contribution in [2.24, 2.45) is 0 Å². The Hall–Kier alpha value is -9.26. The molecule has 71 heavy (non-hydrogen) atoms. The van der Waals surface area contributed by atoms with Gasteiger partial charge in [0.2, 0.25) is 11.8 Å². The van der Waals surface area contributed by atoms with E-state index in [0.717, 1.165) is 78.6 Å². The summed E-state index contributed by atoms with van der Waals surface area (Å²) in [5.41, 5.74) is 20.7. The highest BCUT2D eigenvalue weighted by Crippen LogP contribution is 2.53. The zero-order valence-corrected chi connectivity index (χ0v) is 39.2. The summed E-state index contributed by atoms with van der Waals surface area (Å²) in [6.07, 6.45) is 0. The molecule has 0 atom stereocenters. The summed E-state index contributed by atoms with van der Waals surface area (Å²) in [4.78, 5) is 14.3. The zero-order chi connectivity index (χ0) is 47.5. The van der Waals surface area contributed by atoms with Gasteiger partial charge in [-0.15, -0.1) is 0 Å². The second kappa shape index (κ2) is 17.1. The third-order valence-electron chi connectivity index (χ3n) is 13.9. The van der Waals surface area contributed by atoms with Gasteiger partial charge >= 0.3 is 0 Å². The van der Waals surface area contributed by atoms with Crippen LogP contribution in [0, 0.1) is 0 Å². The SMILES string of the molecule is CC1(C)c2cc(N(c3ccc(-c4nc5ccccc5o4)cc3)c3cccc(-c4ccccc4)c3)ccc2-c2ccc(N(c3ccc(-c4nc5ccccc5o4)cc3)c3cccc(-c4ccccc4)c3)cc21. The summed E-state index contributed by atoms with van der Waals surface area (Å²) >= 11 is 0. The molecule has 10 aromatic carbocycles. The number of anilines is 6. The van der Waals surface area contributed by atoms with Crippen LogP contribution in [0.25, 0.3) is 78.5 Å². The Morgan fingerprint density at radius 1 is 0.310 bits per heavy atom. The van der Waals surface area contributed by atoms with Gasteiger partial charge < -0.3 is 18.6 Å². The van der Waals surface area contributed by atoms with Gasteiger partial charge in [-0.1, -0.05) is 135 Å². The number of aromatic nitrogens is 2. The molecule has 13 rings (SSSR count). The second-order valence-corrected chi connectivity index (χ2v) is 18.7. The first-order chi connectivity index (χ1) is 34.9. The van der Waals surface area contributed by atoms with Crippen molar-refractivity contribution in [3.8, 4) is 56.3 Å². The summed E-state index contributed by atoms with van der Waals surface area (Å²) in [7, 11) is 0. The highest BCUT2D eigenvalue weighted by Gasteiger charge is 2.37. The monoisotopic (exact) mass is 914 g/mol. The highest BCUT2D eigenvalue weighted by atomic mass is 16.4. The Morgan fingerprint density at radius 3 is 1.10 bits per heavy atom. The average molecular weight is 915 g/mol. The van der Waals surface area contributed by atoms with E-state index in [4.69, 9.17) is 18.8 Å². The molecule has 0 saturated carbocycles. The molecule has 0 fully saturated rings. The number of benzene rings is 10. The van der Waals surface area contributed by atoms with Crippen molar-refractivity contribution < 1.29 is 8.83 Å². The molecule has 0 saturated heterocycles. The lowest BCUT2D eigenvalue weighted by molar-refractivity contribution is 0.619. The van der Waals surface area contributed by atoms with Crippen molar-refractivity contribution in [3.05, 3.63) is 254 Å². The number of hydrogen-bond donors (Lipinski definition) is 0. The van der Waals surface area contributed by atoms with Crippen LogP contribution in [0.4, 0.5) is 34.1 Å². The standard InChI is InChI=1S/C65H46N4O2/c1-65(2)57-41-53(68(51-21-13-19-47(39-51)43-15-5-3-6-16-43)49-31-27-45(28-32-49)63-66-59-23-9-11-25-61(59)70-63)35-37-55(57)56-38-36-54(42-58(56)65)69(52-22-14-20-48(40-52)44-17-7-4-8-18-44)50-33-29-46(30-34-50)64-67-60-24-10-12-26-62(60)71-64/h3-42H,1-2H3. The number of rotatable bonds is 10. The Balaban J connectivity index is 0.896. The smallest absolute Gasteiger partial charge is 0.227 e. The fourth-order valence-corrected chi connectivity index (χ4v) is 10.3. The maximum atomic E-state index is 6.19. The molecule has 2 heterocycles. The summed E-state index contributed by atoms with van der Waals surface area (Å²) in [5.74, 6) is 1.21. The van der Waals surface area contributed by atoms with Crippen molar-refractivity contribution >= 4 is 56.3 Å². The largest absolute Gasteiger partial charge is 0.436 e. The quantitative estimate of drug-likeness (QED) is 0.136. The number of para-hydroxylation sites is 4. The minimum absolute atomic E-state index is 0.334. The molecule has 0 N–H and O–H groups in total. The molecule has 0 radical (unpaired) electrons. The number of nitrogens with zero attached hydrogens (tertiary/aromatic N) is 4. The van der Waals surface area contributed by atoms with Crippen molar-refractivity contribution in [2.45, 2.75) is 19.3 Å². The number of fused-ring (bicyclic) bond motifs is 5. The van der Waals surface area contributed by atoms with Crippen molar-refractivity contribution in [1.29, 1.82) is 0 Å². The molecule has 0 unspecified atom stereocenters. The Morgan fingerprint density at radius 2 is 0.676 bits per heavy atom. The van der Waals surface area contributed by atoms with E-state index >= 15 is 0 Å². The molecule has 0 bridgehead atoms. The van der Waals surface area contributed by atoms with Crippen LogP contribution in [0.15, 0.2) is 251 Å². The number of oxazole rings is 2. The fraction of sp³-hybridized carbons (Fsp3) is 0.0462. The van der Waals surface area contributed by atoms with E-state index in [-0.39, 0.29) is 5.41 Å². The minimum Gasteiger partial charge on any atom is -0.436 e. The molecule has 12 aromatic rings. The van der Waals surface area contributed by atoms with E-state index in [9.17, 15) is 0 Å². The molecule has 0 spiro atoms. The predicted molar refractivity (Wildman–Crippen MR) is 290 cm³/mol. The molecule has 1 aliphatic rings. The van der Waals surface area contributed by atoms with Gasteiger partial charge in [-0.3, -0.25) is 0 Å². The maximum Gasteiger partial charge on any atom is 0.227 e. The first kappa shape index (κ1) is 41.9. The van der Waals surface area contributed by atoms with Gasteiger partial charge in [0.1, 0.15) is 11.0 Å². The first-order valence-corrected chi connectivity index (χ1v) is 24.0. The van der Waals surface area contributed by atoms with Gasteiger partial charge in [0.25, 0.3) is 0 Å². The molecular weight excluding hydrogens is 869 g/mol. The first-order valence-electron chi connectivity index (χ1n) is 24.0. The molecule has 6 heteroatoms. The van der Waals surface area contributed by atoms with Crippen LogP contribution in [0.3, 0.4) is 0 Å². The predicted octanol–water partition coefficient (Wildman–Crippen LogP) is 17.9. The van der Waals surface area contributed by atoms with E-state index in [2.05, 4.69) is 218 Å². The lowest BCUT2D eigenvalue weighted by atomic mass is 9.82. The van der Waals surface area contributed by atoms with Crippen LogP contribution >= 0.6 is 0 Å². The molecule has 6 nitrogen and oxygen atoms in total. The van der Waals surface area contributed by atoms with Gasteiger partial charge in [-0.25, -0.2) is 9.97 Å². The topological polar surface area (TPSA) is 58.5 Å². The lowest BCUT2D eigenvalue weighted by Gasteiger charge is -2.29.